The molecular formula is C9H11F3N4. The van der Waals surface area contributed by atoms with Gasteiger partial charge in [0, 0.05) is 19.1 Å². The van der Waals surface area contributed by atoms with Crippen molar-refractivity contribution < 1.29 is 13.2 Å². The van der Waals surface area contributed by atoms with Gasteiger partial charge in [-0.25, -0.2) is 23.1 Å². The van der Waals surface area contributed by atoms with Crippen LogP contribution < -0.4 is 10.2 Å². The van der Waals surface area contributed by atoms with E-state index in [0.29, 0.717) is 13.1 Å². The molecular weight excluding hydrogens is 221 g/mol. The molecule has 1 fully saturated rings. The molecule has 0 bridgehead atoms. The maximum atomic E-state index is 13.6. The minimum absolute atomic E-state index is 0.0446. The maximum Gasteiger partial charge on any atom is 0.283 e. The van der Waals surface area contributed by atoms with Gasteiger partial charge in [0.05, 0.1) is 0 Å². The summed E-state index contributed by atoms with van der Waals surface area (Å²) in [5, 5.41) is 3.00. The first-order valence-corrected chi connectivity index (χ1v) is 4.84. The highest BCUT2D eigenvalue weighted by molar-refractivity contribution is 5.44. The van der Waals surface area contributed by atoms with Crippen LogP contribution in [-0.2, 0) is 0 Å². The number of hydrogen-bond donors (Lipinski definition) is 1. The first-order valence-electron chi connectivity index (χ1n) is 4.84. The van der Waals surface area contributed by atoms with Gasteiger partial charge in [-0.1, -0.05) is 0 Å². The molecule has 0 unspecified atom stereocenters. The van der Waals surface area contributed by atoms with Crippen LogP contribution in [0.4, 0.5) is 19.0 Å². The molecule has 0 aromatic carbocycles. The van der Waals surface area contributed by atoms with Crippen LogP contribution in [0.2, 0.25) is 0 Å². The summed E-state index contributed by atoms with van der Waals surface area (Å²) < 4.78 is 38.3. The topological polar surface area (TPSA) is 41.0 Å². The lowest BCUT2D eigenvalue weighted by atomic mass is 10.1. The number of nitrogens with zero attached hydrogens (tertiary/aromatic N) is 3. The second-order valence-electron chi connectivity index (χ2n) is 3.59. The molecule has 4 nitrogen and oxygen atoms in total. The quantitative estimate of drug-likeness (QED) is 0.842. The molecule has 1 N–H and O–H groups in total. The monoisotopic (exact) mass is 232 g/mol. The molecule has 1 aliphatic heterocycles. The van der Waals surface area contributed by atoms with Crippen LogP contribution in [0.25, 0.3) is 0 Å². The van der Waals surface area contributed by atoms with Crippen molar-refractivity contribution >= 4 is 5.82 Å². The summed E-state index contributed by atoms with van der Waals surface area (Å²) in [7, 11) is 1.79. The van der Waals surface area contributed by atoms with Gasteiger partial charge in [0.2, 0.25) is 0 Å². The minimum atomic E-state index is -2.91. The van der Waals surface area contributed by atoms with Gasteiger partial charge in [-0.05, 0) is 7.05 Å². The smallest absolute Gasteiger partial charge is 0.283 e. The van der Waals surface area contributed by atoms with Crippen molar-refractivity contribution in [2.24, 2.45) is 0 Å². The summed E-state index contributed by atoms with van der Waals surface area (Å²) in [6, 6.07) is 0.254. The number of anilines is 1. The fourth-order valence-electron chi connectivity index (χ4n) is 1.58. The molecule has 1 aromatic heterocycles. The van der Waals surface area contributed by atoms with E-state index in [1.807, 2.05) is 0 Å². The molecule has 0 aliphatic carbocycles. The molecule has 0 saturated carbocycles. The predicted octanol–water partition coefficient (Wildman–Crippen LogP) is 0.961. The van der Waals surface area contributed by atoms with Gasteiger partial charge in [-0.15, -0.1) is 0 Å². The van der Waals surface area contributed by atoms with Crippen LogP contribution in [0.5, 0.6) is 0 Å². The van der Waals surface area contributed by atoms with E-state index >= 15 is 0 Å². The molecule has 88 valence electrons. The van der Waals surface area contributed by atoms with Crippen LogP contribution in [0.15, 0.2) is 6.33 Å². The highest BCUT2D eigenvalue weighted by Gasteiger charge is 2.30. The molecule has 0 spiro atoms. The fourth-order valence-corrected chi connectivity index (χ4v) is 1.58. The van der Waals surface area contributed by atoms with Crippen LogP contribution in [0, 0.1) is 5.82 Å². The average molecular weight is 232 g/mol. The summed E-state index contributed by atoms with van der Waals surface area (Å²) in [6.07, 6.45) is -1.95. The Balaban J connectivity index is 2.19. The van der Waals surface area contributed by atoms with E-state index in [0.717, 1.165) is 6.33 Å². The summed E-state index contributed by atoms with van der Waals surface area (Å²) in [6.45, 7) is 1.13. The number of halogens is 3. The third-order valence-corrected chi connectivity index (χ3v) is 2.59. The number of alkyl halides is 2. The van der Waals surface area contributed by atoms with Gasteiger partial charge in [0.25, 0.3) is 6.43 Å². The van der Waals surface area contributed by atoms with Crippen molar-refractivity contribution in [2.45, 2.75) is 12.5 Å². The highest BCUT2D eigenvalue weighted by Crippen LogP contribution is 2.27. The van der Waals surface area contributed by atoms with E-state index in [-0.39, 0.29) is 11.9 Å². The van der Waals surface area contributed by atoms with Gasteiger partial charge in [0.15, 0.2) is 11.6 Å². The van der Waals surface area contributed by atoms with Crippen molar-refractivity contribution in [3.8, 4) is 0 Å². The van der Waals surface area contributed by atoms with E-state index < -0.39 is 17.9 Å². The third-order valence-electron chi connectivity index (χ3n) is 2.59. The fraction of sp³-hybridized carbons (Fsp3) is 0.556. The Hall–Kier alpha value is -1.37. The van der Waals surface area contributed by atoms with Crippen molar-refractivity contribution in [1.82, 2.24) is 15.3 Å². The van der Waals surface area contributed by atoms with Crippen molar-refractivity contribution in [1.29, 1.82) is 0 Å². The van der Waals surface area contributed by atoms with Gasteiger partial charge in [-0.3, -0.25) is 0 Å². The Morgan fingerprint density at radius 2 is 2.12 bits per heavy atom. The first-order chi connectivity index (χ1) is 7.63. The van der Waals surface area contributed by atoms with Crippen LogP contribution in [0.1, 0.15) is 12.1 Å². The number of nitrogens with one attached hydrogen (secondary N) is 1. The number of likely N-dealkylation sites (N-methyl/N-ethyl adjacent to an activating group) is 1. The zero-order chi connectivity index (χ0) is 11.7. The normalized spacial score (nSPS) is 16.7. The number of hydrogen-bond acceptors (Lipinski definition) is 4. The Morgan fingerprint density at radius 3 is 2.69 bits per heavy atom. The Labute approximate surface area is 90.5 Å². The van der Waals surface area contributed by atoms with E-state index in [4.69, 9.17) is 0 Å². The molecule has 0 atom stereocenters. The SMILES string of the molecule is CNC1CN(c2ncnc(C(F)F)c2F)C1. The van der Waals surface area contributed by atoms with Crippen molar-refractivity contribution in [2.75, 3.05) is 25.0 Å². The highest BCUT2D eigenvalue weighted by atomic mass is 19.3. The molecule has 1 saturated heterocycles. The standard InChI is InChI=1S/C9H11F3N4/c1-13-5-2-16(3-5)9-6(10)7(8(11)12)14-4-15-9/h4-5,8,13H,2-3H2,1H3. The maximum absolute atomic E-state index is 13.6. The van der Waals surface area contributed by atoms with Crippen molar-refractivity contribution in [3.63, 3.8) is 0 Å². The molecule has 1 aliphatic rings. The van der Waals surface area contributed by atoms with Crippen LogP contribution >= 0.6 is 0 Å². The molecule has 2 heterocycles. The molecule has 0 radical (unpaired) electrons. The average Bonchev–Trinajstić information content (AvgIpc) is 2.18. The summed E-state index contributed by atoms with van der Waals surface area (Å²) in [5.74, 6) is -1.07. The zero-order valence-electron chi connectivity index (χ0n) is 8.62. The Morgan fingerprint density at radius 1 is 1.44 bits per heavy atom. The first kappa shape index (κ1) is 11.1. The molecule has 0 amide bonds. The lowest BCUT2D eigenvalue weighted by Gasteiger charge is -2.39. The summed E-state index contributed by atoms with van der Waals surface area (Å²) in [5.41, 5.74) is -0.835. The zero-order valence-corrected chi connectivity index (χ0v) is 8.62. The minimum Gasteiger partial charge on any atom is -0.351 e. The number of aromatic nitrogens is 2. The Kier molecular flexibility index (Phi) is 2.95. The summed E-state index contributed by atoms with van der Waals surface area (Å²) in [4.78, 5) is 8.53. The van der Waals surface area contributed by atoms with E-state index in [2.05, 4.69) is 15.3 Å². The van der Waals surface area contributed by atoms with E-state index in [1.54, 1.807) is 11.9 Å². The number of rotatable bonds is 3. The van der Waals surface area contributed by atoms with E-state index in [9.17, 15) is 13.2 Å². The van der Waals surface area contributed by atoms with Crippen molar-refractivity contribution in [3.05, 3.63) is 17.8 Å². The predicted molar refractivity (Wildman–Crippen MR) is 52.0 cm³/mol. The lowest BCUT2D eigenvalue weighted by molar-refractivity contribution is 0.140. The lowest BCUT2D eigenvalue weighted by Crippen LogP contribution is -2.57. The molecule has 7 heteroatoms. The van der Waals surface area contributed by atoms with Gasteiger partial charge >= 0.3 is 0 Å². The Bertz CT molecular complexity index is 379. The molecule has 16 heavy (non-hydrogen) atoms. The van der Waals surface area contributed by atoms with Gasteiger partial charge in [0.1, 0.15) is 12.0 Å². The summed E-state index contributed by atoms with van der Waals surface area (Å²) >= 11 is 0. The van der Waals surface area contributed by atoms with Crippen LogP contribution in [0.3, 0.4) is 0 Å². The largest absolute Gasteiger partial charge is 0.351 e. The third kappa shape index (κ3) is 1.82. The second kappa shape index (κ2) is 4.25. The molecule has 2 rings (SSSR count). The van der Waals surface area contributed by atoms with Gasteiger partial charge in [-0.2, -0.15) is 0 Å². The van der Waals surface area contributed by atoms with E-state index in [1.165, 1.54) is 0 Å². The van der Waals surface area contributed by atoms with Gasteiger partial charge < -0.3 is 10.2 Å². The second-order valence-corrected chi connectivity index (χ2v) is 3.59. The molecule has 1 aromatic rings. The van der Waals surface area contributed by atoms with Crippen LogP contribution in [-0.4, -0.2) is 36.1 Å².